The van der Waals surface area contributed by atoms with Crippen molar-refractivity contribution in [1.82, 2.24) is 5.32 Å². The fraction of sp³-hybridized carbons (Fsp3) is 0.417. The van der Waals surface area contributed by atoms with E-state index in [2.05, 4.69) is 27.9 Å². The Hall–Kier alpha value is -0.620. The highest BCUT2D eigenvalue weighted by atomic mass is 127. The van der Waals surface area contributed by atoms with Crippen LogP contribution in [0.15, 0.2) is 24.3 Å². The zero-order valence-electron chi connectivity index (χ0n) is 9.24. The molecule has 0 aromatic heterocycles. The molecule has 88 valence electrons. The molecule has 0 aliphatic rings. The SMILES string of the molecule is CCC(CCO)NC(=O)c1ccccc1I. The molecule has 0 radical (unpaired) electrons. The smallest absolute Gasteiger partial charge is 0.252 e. The van der Waals surface area contributed by atoms with Crippen molar-refractivity contribution in [2.45, 2.75) is 25.8 Å². The molecule has 0 fully saturated rings. The number of halogens is 1. The zero-order chi connectivity index (χ0) is 12.0. The third-order valence-electron chi connectivity index (χ3n) is 2.42. The summed E-state index contributed by atoms with van der Waals surface area (Å²) in [4.78, 5) is 11.9. The van der Waals surface area contributed by atoms with Gasteiger partial charge in [-0.15, -0.1) is 0 Å². The number of hydrogen-bond donors (Lipinski definition) is 2. The topological polar surface area (TPSA) is 49.3 Å². The summed E-state index contributed by atoms with van der Waals surface area (Å²) in [5.74, 6) is -0.0645. The molecule has 1 rings (SSSR count). The lowest BCUT2D eigenvalue weighted by Gasteiger charge is -2.16. The van der Waals surface area contributed by atoms with Gasteiger partial charge in [0.2, 0.25) is 0 Å². The van der Waals surface area contributed by atoms with E-state index in [9.17, 15) is 4.79 Å². The number of nitrogens with one attached hydrogen (secondary N) is 1. The molecular formula is C12H16INO2. The van der Waals surface area contributed by atoms with Gasteiger partial charge in [-0.2, -0.15) is 0 Å². The molecule has 0 bridgehead atoms. The van der Waals surface area contributed by atoms with Crippen LogP contribution in [0.3, 0.4) is 0 Å². The van der Waals surface area contributed by atoms with Gasteiger partial charge in [-0.3, -0.25) is 4.79 Å². The summed E-state index contributed by atoms with van der Waals surface area (Å²) in [7, 11) is 0. The minimum Gasteiger partial charge on any atom is -0.396 e. The molecule has 1 amide bonds. The molecule has 0 aliphatic carbocycles. The normalized spacial score (nSPS) is 12.2. The van der Waals surface area contributed by atoms with E-state index >= 15 is 0 Å². The summed E-state index contributed by atoms with van der Waals surface area (Å²) in [5, 5.41) is 11.8. The predicted molar refractivity (Wildman–Crippen MR) is 72.4 cm³/mol. The molecule has 1 atom stereocenters. The first kappa shape index (κ1) is 13.4. The van der Waals surface area contributed by atoms with Crippen LogP contribution in [0.1, 0.15) is 30.1 Å². The Labute approximate surface area is 109 Å². The van der Waals surface area contributed by atoms with E-state index in [1.54, 1.807) is 0 Å². The summed E-state index contributed by atoms with van der Waals surface area (Å²) < 4.78 is 0.941. The molecular weight excluding hydrogens is 317 g/mol. The summed E-state index contributed by atoms with van der Waals surface area (Å²) >= 11 is 2.15. The maximum atomic E-state index is 11.9. The van der Waals surface area contributed by atoms with E-state index < -0.39 is 0 Å². The van der Waals surface area contributed by atoms with E-state index in [1.165, 1.54) is 0 Å². The van der Waals surface area contributed by atoms with Crippen LogP contribution < -0.4 is 5.32 Å². The molecule has 1 unspecified atom stereocenters. The zero-order valence-corrected chi connectivity index (χ0v) is 11.4. The Morgan fingerprint density at radius 2 is 2.19 bits per heavy atom. The third-order valence-corrected chi connectivity index (χ3v) is 3.36. The van der Waals surface area contributed by atoms with Crippen molar-refractivity contribution in [1.29, 1.82) is 0 Å². The maximum Gasteiger partial charge on any atom is 0.252 e. The average Bonchev–Trinajstić information content (AvgIpc) is 2.28. The number of amides is 1. The maximum absolute atomic E-state index is 11.9. The Morgan fingerprint density at radius 1 is 1.50 bits per heavy atom. The first-order valence-electron chi connectivity index (χ1n) is 5.35. The van der Waals surface area contributed by atoms with Crippen LogP contribution in [-0.2, 0) is 0 Å². The van der Waals surface area contributed by atoms with Crippen LogP contribution in [0.5, 0.6) is 0 Å². The van der Waals surface area contributed by atoms with Gasteiger partial charge < -0.3 is 10.4 Å². The van der Waals surface area contributed by atoms with Crippen LogP contribution in [-0.4, -0.2) is 23.7 Å². The number of carbonyl (C=O) groups excluding carboxylic acids is 1. The van der Waals surface area contributed by atoms with Gasteiger partial charge in [-0.25, -0.2) is 0 Å². The van der Waals surface area contributed by atoms with Gasteiger partial charge >= 0.3 is 0 Å². The first-order chi connectivity index (χ1) is 7.69. The van der Waals surface area contributed by atoms with Crippen molar-refractivity contribution >= 4 is 28.5 Å². The lowest BCUT2D eigenvalue weighted by molar-refractivity contribution is 0.0928. The van der Waals surface area contributed by atoms with Gasteiger partial charge in [-0.05, 0) is 47.6 Å². The number of aliphatic hydroxyl groups is 1. The summed E-state index contributed by atoms with van der Waals surface area (Å²) in [6.45, 7) is 2.10. The summed E-state index contributed by atoms with van der Waals surface area (Å²) in [5.41, 5.74) is 0.694. The number of rotatable bonds is 5. The number of aliphatic hydroxyl groups excluding tert-OH is 1. The van der Waals surface area contributed by atoms with E-state index in [4.69, 9.17) is 5.11 Å². The fourth-order valence-electron chi connectivity index (χ4n) is 1.44. The Morgan fingerprint density at radius 3 is 2.75 bits per heavy atom. The highest BCUT2D eigenvalue weighted by molar-refractivity contribution is 14.1. The van der Waals surface area contributed by atoms with Crippen LogP contribution in [0, 0.1) is 3.57 Å². The lowest BCUT2D eigenvalue weighted by Crippen LogP contribution is -2.35. The molecule has 0 saturated carbocycles. The van der Waals surface area contributed by atoms with Crippen molar-refractivity contribution in [2.24, 2.45) is 0 Å². The Bertz CT molecular complexity index is 355. The molecule has 0 heterocycles. The van der Waals surface area contributed by atoms with Crippen LogP contribution in [0.25, 0.3) is 0 Å². The van der Waals surface area contributed by atoms with Crippen molar-refractivity contribution in [3.63, 3.8) is 0 Å². The van der Waals surface area contributed by atoms with Crippen molar-refractivity contribution in [3.8, 4) is 0 Å². The predicted octanol–water partition coefficient (Wildman–Crippen LogP) is 2.18. The summed E-state index contributed by atoms with van der Waals surface area (Å²) in [6, 6.07) is 7.52. The van der Waals surface area contributed by atoms with E-state index in [0.29, 0.717) is 12.0 Å². The van der Waals surface area contributed by atoms with Gasteiger partial charge in [-0.1, -0.05) is 19.1 Å². The van der Waals surface area contributed by atoms with Gasteiger partial charge in [0.1, 0.15) is 0 Å². The van der Waals surface area contributed by atoms with Crippen molar-refractivity contribution in [3.05, 3.63) is 33.4 Å². The van der Waals surface area contributed by atoms with Crippen molar-refractivity contribution < 1.29 is 9.90 Å². The number of hydrogen-bond acceptors (Lipinski definition) is 2. The third kappa shape index (κ3) is 3.75. The Balaban J connectivity index is 2.68. The van der Waals surface area contributed by atoms with Crippen LogP contribution in [0.4, 0.5) is 0 Å². The van der Waals surface area contributed by atoms with E-state index in [-0.39, 0.29) is 18.6 Å². The minimum absolute atomic E-state index is 0.0495. The second-order valence-electron chi connectivity index (χ2n) is 3.57. The molecule has 16 heavy (non-hydrogen) atoms. The molecule has 1 aromatic rings. The van der Waals surface area contributed by atoms with Crippen LogP contribution in [0.2, 0.25) is 0 Å². The van der Waals surface area contributed by atoms with Gasteiger partial charge in [0, 0.05) is 16.2 Å². The molecule has 0 spiro atoms. The second kappa shape index (κ2) is 6.85. The quantitative estimate of drug-likeness (QED) is 0.812. The molecule has 0 saturated heterocycles. The molecule has 3 nitrogen and oxygen atoms in total. The van der Waals surface area contributed by atoms with E-state index in [0.717, 1.165) is 9.99 Å². The minimum atomic E-state index is -0.0645. The van der Waals surface area contributed by atoms with Gasteiger partial charge in [0.25, 0.3) is 5.91 Å². The first-order valence-corrected chi connectivity index (χ1v) is 6.43. The fourth-order valence-corrected chi connectivity index (χ4v) is 2.08. The monoisotopic (exact) mass is 333 g/mol. The highest BCUT2D eigenvalue weighted by Crippen LogP contribution is 2.11. The molecule has 0 aliphatic heterocycles. The molecule has 2 N–H and O–H groups in total. The molecule has 4 heteroatoms. The number of carbonyl (C=O) groups is 1. The van der Waals surface area contributed by atoms with E-state index in [1.807, 2.05) is 31.2 Å². The lowest BCUT2D eigenvalue weighted by atomic mass is 10.1. The largest absolute Gasteiger partial charge is 0.396 e. The molecule has 1 aromatic carbocycles. The van der Waals surface area contributed by atoms with Crippen LogP contribution >= 0.6 is 22.6 Å². The highest BCUT2D eigenvalue weighted by Gasteiger charge is 2.13. The Kier molecular flexibility index (Phi) is 5.76. The average molecular weight is 333 g/mol. The van der Waals surface area contributed by atoms with Gasteiger partial charge in [0.15, 0.2) is 0 Å². The second-order valence-corrected chi connectivity index (χ2v) is 4.73. The van der Waals surface area contributed by atoms with Gasteiger partial charge in [0.05, 0.1) is 5.56 Å². The summed E-state index contributed by atoms with van der Waals surface area (Å²) in [6.07, 6.45) is 1.43. The number of benzene rings is 1. The standard InChI is InChI=1S/C12H16INO2/c1-2-9(7-8-15)14-12(16)10-5-3-4-6-11(10)13/h3-6,9,15H,2,7-8H2,1H3,(H,14,16). The van der Waals surface area contributed by atoms with Crippen molar-refractivity contribution in [2.75, 3.05) is 6.61 Å².